The van der Waals surface area contributed by atoms with Crippen molar-refractivity contribution in [2.45, 2.75) is 176 Å². The van der Waals surface area contributed by atoms with Crippen molar-refractivity contribution in [1.29, 1.82) is 0 Å². The second kappa shape index (κ2) is 22.3. The Bertz CT molecular complexity index is 1110. The van der Waals surface area contributed by atoms with E-state index in [1.807, 2.05) is 0 Å². The second-order valence-corrected chi connectivity index (χ2v) is 17.6. The fourth-order valence-electron chi connectivity index (χ4n) is 9.73. The number of nitrogens with zero attached hydrogens (tertiary/aromatic N) is 1. The van der Waals surface area contributed by atoms with Crippen molar-refractivity contribution in [3.8, 4) is 0 Å². The van der Waals surface area contributed by atoms with E-state index in [1.165, 1.54) is 133 Å². The minimum atomic E-state index is 0.208. The minimum Gasteiger partial charge on any atom is -0.309 e. The van der Waals surface area contributed by atoms with Crippen LogP contribution in [0.15, 0.2) is 59.3 Å². The maximum absolute atomic E-state index is 11.9. The Labute approximate surface area is 305 Å². The maximum atomic E-state index is 11.9. The first-order chi connectivity index (χ1) is 23.5. The predicted molar refractivity (Wildman–Crippen MR) is 216 cm³/mol. The number of carbonyl (C=O) groups excluding carboxylic acids is 1. The van der Waals surface area contributed by atoms with Crippen molar-refractivity contribution >= 4 is 5.78 Å². The Morgan fingerprint density at radius 3 is 2.33 bits per heavy atom. The van der Waals surface area contributed by atoms with Gasteiger partial charge < -0.3 is 4.90 Å². The summed E-state index contributed by atoms with van der Waals surface area (Å²) >= 11 is 0. The van der Waals surface area contributed by atoms with Crippen molar-refractivity contribution in [1.82, 2.24) is 4.90 Å². The zero-order valence-electron chi connectivity index (χ0n) is 33.6. The summed E-state index contributed by atoms with van der Waals surface area (Å²) in [5.74, 6) is 3.89. The molecule has 0 aromatic heterocycles. The number of unbranched alkanes of at least 4 members (excludes halogenated alkanes) is 3. The van der Waals surface area contributed by atoms with Gasteiger partial charge in [-0.15, -0.1) is 0 Å². The number of rotatable bonds is 15. The van der Waals surface area contributed by atoms with E-state index in [9.17, 15) is 4.79 Å². The molecule has 4 saturated carbocycles. The van der Waals surface area contributed by atoms with Crippen LogP contribution in [-0.4, -0.2) is 31.3 Å². The van der Waals surface area contributed by atoms with E-state index in [-0.39, 0.29) is 5.92 Å². The van der Waals surface area contributed by atoms with E-state index < -0.39 is 0 Å². The molecule has 49 heavy (non-hydrogen) atoms. The summed E-state index contributed by atoms with van der Waals surface area (Å²) in [7, 11) is 4.31. The lowest BCUT2D eigenvalue weighted by molar-refractivity contribution is -0.121. The lowest BCUT2D eigenvalue weighted by Gasteiger charge is -2.44. The molecule has 1 unspecified atom stereocenters. The largest absolute Gasteiger partial charge is 0.309 e. The van der Waals surface area contributed by atoms with Crippen LogP contribution in [0.1, 0.15) is 176 Å². The molecule has 278 valence electrons. The van der Waals surface area contributed by atoms with E-state index in [0.29, 0.717) is 11.2 Å². The van der Waals surface area contributed by atoms with Gasteiger partial charge in [-0.1, -0.05) is 120 Å². The van der Waals surface area contributed by atoms with Gasteiger partial charge in [0.2, 0.25) is 0 Å². The van der Waals surface area contributed by atoms with Crippen LogP contribution >= 0.6 is 0 Å². The maximum Gasteiger partial charge on any atom is 0.133 e. The Kier molecular flexibility index (Phi) is 19.0. The van der Waals surface area contributed by atoms with Crippen LogP contribution in [0.25, 0.3) is 0 Å². The van der Waals surface area contributed by atoms with Crippen LogP contribution in [-0.2, 0) is 4.79 Å². The molecule has 0 aromatic carbocycles. The molecule has 0 aromatic rings. The highest BCUT2D eigenvalue weighted by molar-refractivity contribution is 5.79. The first kappa shape index (κ1) is 41.7. The molecule has 4 fully saturated rings. The smallest absolute Gasteiger partial charge is 0.133 e. The average molecular weight is 674 g/mol. The van der Waals surface area contributed by atoms with Crippen molar-refractivity contribution in [3.63, 3.8) is 0 Å². The Balaban J connectivity index is 0.000000295. The summed E-state index contributed by atoms with van der Waals surface area (Å²) in [6.45, 7) is 17.1. The topological polar surface area (TPSA) is 20.3 Å². The number of ketones is 1. The minimum absolute atomic E-state index is 0.208. The molecule has 0 heterocycles. The third kappa shape index (κ3) is 14.5. The quantitative estimate of drug-likeness (QED) is 0.0979. The summed E-state index contributed by atoms with van der Waals surface area (Å²) in [5.41, 5.74) is 6.48. The molecule has 4 aliphatic carbocycles. The standard InChI is InChI=1S/C29H46O.C18H33N/c1-20(2)9-7-10-22(4)27-16-17-28-24(11-8-18-29(27,28)6)14-15-25-19-26(23(5)30)13-12-21(25)3;1-19(2)17-13-9-5-3-4-6-10-14-18-15-11-7-8-12-16-18/h14-15,20,22,26-28H,3,7-13,16-19H2,1-2,4-6H3;4,6,14H,3,5,7-13,15-17H2,1-2H3/b24-14+,25-15+;6-4-/t22-,26+,27-,28?,29-;/m1./s1. The number of fused-ring (bicyclic) bond motifs is 1. The molecule has 2 nitrogen and oxygen atoms in total. The zero-order chi connectivity index (χ0) is 35.6. The summed E-state index contributed by atoms with van der Waals surface area (Å²) in [6, 6.07) is 0. The Morgan fingerprint density at radius 2 is 1.63 bits per heavy atom. The van der Waals surface area contributed by atoms with E-state index in [0.717, 1.165) is 49.4 Å². The zero-order valence-corrected chi connectivity index (χ0v) is 33.6. The van der Waals surface area contributed by atoms with Crippen molar-refractivity contribution in [2.75, 3.05) is 20.6 Å². The highest BCUT2D eigenvalue weighted by Gasteiger charge is 2.50. The molecule has 5 atom stereocenters. The van der Waals surface area contributed by atoms with Crippen LogP contribution in [0, 0.1) is 35.0 Å². The van der Waals surface area contributed by atoms with Gasteiger partial charge in [-0.05, 0) is 165 Å². The molecule has 0 radical (unpaired) electrons. The fourth-order valence-corrected chi connectivity index (χ4v) is 9.73. The molecule has 0 saturated heterocycles. The van der Waals surface area contributed by atoms with Gasteiger partial charge in [-0.25, -0.2) is 0 Å². The van der Waals surface area contributed by atoms with Crippen LogP contribution in [0.2, 0.25) is 0 Å². The lowest BCUT2D eigenvalue weighted by atomic mass is 9.60. The summed E-state index contributed by atoms with van der Waals surface area (Å²) < 4.78 is 0. The first-order valence-electron chi connectivity index (χ1n) is 21.1. The van der Waals surface area contributed by atoms with E-state index in [1.54, 1.807) is 18.1 Å². The molecule has 0 spiro atoms. The van der Waals surface area contributed by atoms with Gasteiger partial charge in [0.05, 0.1) is 0 Å². The van der Waals surface area contributed by atoms with Gasteiger partial charge in [0.25, 0.3) is 0 Å². The van der Waals surface area contributed by atoms with Gasteiger partial charge in [-0.3, -0.25) is 4.79 Å². The number of Topliss-reactive ketones (excluding diaryl/α,β-unsaturated/α-hetero) is 1. The highest BCUT2D eigenvalue weighted by Crippen LogP contribution is 2.60. The van der Waals surface area contributed by atoms with Crippen LogP contribution in [0.4, 0.5) is 0 Å². The molecular formula is C47H79NO. The van der Waals surface area contributed by atoms with Crippen LogP contribution in [0.3, 0.4) is 0 Å². The molecule has 0 aliphatic heterocycles. The number of carbonyl (C=O) groups is 1. The van der Waals surface area contributed by atoms with Crippen LogP contribution in [0.5, 0.6) is 0 Å². The molecule has 0 N–H and O–H groups in total. The highest BCUT2D eigenvalue weighted by atomic mass is 16.1. The third-order valence-corrected chi connectivity index (χ3v) is 12.9. The van der Waals surface area contributed by atoms with Gasteiger partial charge in [-0.2, -0.15) is 0 Å². The van der Waals surface area contributed by atoms with E-state index in [4.69, 9.17) is 0 Å². The molecule has 4 rings (SSSR count). The van der Waals surface area contributed by atoms with Gasteiger partial charge in [0.15, 0.2) is 0 Å². The van der Waals surface area contributed by atoms with Crippen molar-refractivity contribution in [3.05, 3.63) is 59.3 Å². The molecule has 0 amide bonds. The molecule has 0 bridgehead atoms. The molecule has 4 aliphatic rings. The van der Waals surface area contributed by atoms with Gasteiger partial charge in [0.1, 0.15) is 5.78 Å². The predicted octanol–water partition coefficient (Wildman–Crippen LogP) is 13.8. The number of hydrogen-bond donors (Lipinski definition) is 0. The Morgan fingerprint density at radius 1 is 0.878 bits per heavy atom. The van der Waals surface area contributed by atoms with Gasteiger partial charge >= 0.3 is 0 Å². The fraction of sp³-hybridized carbons (Fsp3) is 0.766. The summed E-state index contributed by atoms with van der Waals surface area (Å²) in [4.78, 5) is 14.2. The summed E-state index contributed by atoms with van der Waals surface area (Å²) in [6.07, 6.45) is 40.8. The average Bonchev–Trinajstić information content (AvgIpc) is 3.21. The normalized spacial score (nSPS) is 28.6. The monoisotopic (exact) mass is 674 g/mol. The van der Waals surface area contributed by atoms with Gasteiger partial charge in [0, 0.05) is 5.92 Å². The SMILES string of the molecule is C=C1CC[C@H](C(C)=O)C/C1=C\C=C1/CCC[C@@]2(C)C1CC[C@@H]2[C@H](C)CCCC(C)C.CN(C)CCCCC/C=C\CC=C1CCCCCC1. The Hall–Kier alpha value is -1.67. The third-order valence-electron chi connectivity index (χ3n) is 12.9. The number of hydrogen-bond acceptors (Lipinski definition) is 2. The van der Waals surface area contributed by atoms with Crippen molar-refractivity contribution < 1.29 is 4.79 Å². The van der Waals surface area contributed by atoms with Crippen LogP contribution < -0.4 is 0 Å². The molecular weight excluding hydrogens is 595 g/mol. The lowest BCUT2D eigenvalue weighted by Crippen LogP contribution is -2.36. The number of allylic oxidation sites excluding steroid dienone is 9. The van der Waals surface area contributed by atoms with Crippen molar-refractivity contribution in [2.24, 2.45) is 35.0 Å². The van der Waals surface area contributed by atoms with E-state index >= 15 is 0 Å². The first-order valence-corrected chi connectivity index (χ1v) is 21.1. The molecule has 2 heteroatoms. The second-order valence-electron chi connectivity index (χ2n) is 17.6. The van der Waals surface area contributed by atoms with E-state index in [2.05, 4.69) is 83.6 Å². The summed E-state index contributed by atoms with van der Waals surface area (Å²) in [5, 5.41) is 0.